The zero-order chi connectivity index (χ0) is 6.15. The summed E-state index contributed by atoms with van der Waals surface area (Å²) in [5.74, 6) is 0. The van der Waals surface area contributed by atoms with Crippen LogP contribution in [0.2, 0.25) is 0 Å². The van der Waals surface area contributed by atoms with Crippen molar-refractivity contribution in [3.63, 3.8) is 0 Å². The van der Waals surface area contributed by atoms with E-state index in [1.807, 2.05) is 0 Å². The summed E-state index contributed by atoms with van der Waals surface area (Å²) in [5, 5.41) is 0. The van der Waals surface area contributed by atoms with Gasteiger partial charge >= 0.3 is 0 Å². The van der Waals surface area contributed by atoms with E-state index < -0.39 is 0 Å². The van der Waals surface area contributed by atoms with Gasteiger partial charge in [0.25, 0.3) is 0 Å². The van der Waals surface area contributed by atoms with Crippen LogP contribution in [0.3, 0.4) is 0 Å². The van der Waals surface area contributed by atoms with Crippen LogP contribution in [-0.4, -0.2) is 0 Å². The summed E-state index contributed by atoms with van der Waals surface area (Å²) in [6.07, 6.45) is 3.46. The van der Waals surface area contributed by atoms with E-state index in [-0.39, 0.29) is 26.2 Å². The van der Waals surface area contributed by atoms with Crippen LogP contribution in [0, 0.1) is 0 Å². The maximum Gasteiger partial charge on any atom is 0 e. The average molecular weight is 199 g/mol. The zero-order valence-electron chi connectivity index (χ0n) is 6.28. The molecule has 0 fully saturated rings. The third-order valence-corrected chi connectivity index (χ3v) is 1.68. The Hall–Kier alpha value is 0.363. The van der Waals surface area contributed by atoms with Gasteiger partial charge < -0.3 is 0 Å². The molecular formula is C8H12Zr. The molecule has 0 spiro atoms. The van der Waals surface area contributed by atoms with Crippen molar-refractivity contribution in [3.8, 4) is 0 Å². The number of hydrogen-bond donors (Lipinski definition) is 0. The Balaban J connectivity index is 0.000000640. The molecule has 0 aromatic rings. The van der Waals surface area contributed by atoms with Crippen LogP contribution in [0.15, 0.2) is 22.8 Å². The molecule has 1 aliphatic rings. The van der Waals surface area contributed by atoms with Gasteiger partial charge in [-0.1, -0.05) is 22.8 Å². The summed E-state index contributed by atoms with van der Waals surface area (Å²) in [5.41, 5.74) is 4.49. The molecular weight excluding hydrogens is 187 g/mol. The predicted molar refractivity (Wildman–Crippen MR) is 36.7 cm³/mol. The second-order valence-corrected chi connectivity index (χ2v) is 2.63. The van der Waals surface area contributed by atoms with Crippen LogP contribution < -0.4 is 0 Å². The Labute approximate surface area is 76.2 Å². The molecule has 0 amide bonds. The van der Waals surface area contributed by atoms with E-state index in [1.165, 1.54) is 23.1 Å². The number of rotatable bonds is 0. The topological polar surface area (TPSA) is 0 Å². The zero-order valence-corrected chi connectivity index (χ0v) is 8.74. The molecule has 0 nitrogen and oxygen atoms in total. The predicted octanol–water partition coefficient (Wildman–Crippen LogP) is 2.67. The van der Waals surface area contributed by atoms with Gasteiger partial charge in [-0.25, -0.2) is 0 Å². The molecule has 0 aromatic heterocycles. The molecule has 0 saturated heterocycles. The van der Waals surface area contributed by atoms with E-state index in [1.54, 1.807) is 0 Å². The first-order chi connectivity index (χ1) is 3.70. The fourth-order valence-electron chi connectivity index (χ4n) is 1.10. The second-order valence-electron chi connectivity index (χ2n) is 2.63. The fourth-order valence-corrected chi connectivity index (χ4v) is 1.10. The Kier molecular flexibility index (Phi) is 3.65. The van der Waals surface area contributed by atoms with Crippen LogP contribution in [-0.2, 0) is 26.2 Å². The first-order valence-electron chi connectivity index (χ1n) is 3.03. The number of allylic oxidation sites excluding steroid dienone is 4. The summed E-state index contributed by atoms with van der Waals surface area (Å²) in [4.78, 5) is 0. The molecule has 1 aliphatic carbocycles. The van der Waals surface area contributed by atoms with E-state index >= 15 is 0 Å². The first kappa shape index (κ1) is 9.36. The summed E-state index contributed by atoms with van der Waals surface area (Å²) >= 11 is 0. The molecule has 0 atom stereocenters. The van der Waals surface area contributed by atoms with Crippen molar-refractivity contribution in [2.24, 2.45) is 0 Å². The second kappa shape index (κ2) is 3.51. The molecule has 0 aliphatic heterocycles. The molecule has 1 heteroatoms. The van der Waals surface area contributed by atoms with E-state index in [0.717, 1.165) is 0 Å². The van der Waals surface area contributed by atoms with Gasteiger partial charge in [0.2, 0.25) is 0 Å². The van der Waals surface area contributed by atoms with Crippen LogP contribution in [0.4, 0.5) is 0 Å². The molecule has 0 heterocycles. The molecule has 48 valence electrons. The molecule has 0 bridgehead atoms. The minimum absolute atomic E-state index is 0. The van der Waals surface area contributed by atoms with E-state index in [4.69, 9.17) is 0 Å². The maximum absolute atomic E-state index is 2.26. The standard InChI is InChI=1S/C8H12.Zr/c1-6-4-7(2)8(3)5-6;/h4H,5H2,1-3H3;. The molecule has 0 saturated carbocycles. The van der Waals surface area contributed by atoms with E-state index in [2.05, 4.69) is 26.8 Å². The van der Waals surface area contributed by atoms with Crippen LogP contribution in [0.1, 0.15) is 27.2 Å². The van der Waals surface area contributed by atoms with Crippen LogP contribution in [0.25, 0.3) is 0 Å². The fraction of sp³-hybridized carbons (Fsp3) is 0.500. The van der Waals surface area contributed by atoms with E-state index in [0.29, 0.717) is 0 Å². The van der Waals surface area contributed by atoms with Crippen molar-refractivity contribution in [2.75, 3.05) is 0 Å². The SMILES string of the molecule is CC1=CC(C)=C(C)C1.[Zr]. The Morgan fingerprint density at radius 3 is 1.89 bits per heavy atom. The van der Waals surface area contributed by atoms with Crippen LogP contribution in [0.5, 0.6) is 0 Å². The van der Waals surface area contributed by atoms with Gasteiger partial charge in [0, 0.05) is 26.2 Å². The van der Waals surface area contributed by atoms with Gasteiger partial charge in [-0.3, -0.25) is 0 Å². The van der Waals surface area contributed by atoms with Crippen molar-refractivity contribution in [3.05, 3.63) is 22.8 Å². The van der Waals surface area contributed by atoms with Crippen molar-refractivity contribution < 1.29 is 26.2 Å². The van der Waals surface area contributed by atoms with Gasteiger partial charge in [-0.2, -0.15) is 0 Å². The van der Waals surface area contributed by atoms with Gasteiger partial charge in [0.05, 0.1) is 0 Å². The molecule has 1 rings (SSSR count). The molecule has 0 aromatic carbocycles. The summed E-state index contributed by atoms with van der Waals surface area (Å²) in [6, 6.07) is 0. The van der Waals surface area contributed by atoms with Gasteiger partial charge in [-0.15, -0.1) is 0 Å². The summed E-state index contributed by atoms with van der Waals surface area (Å²) in [7, 11) is 0. The summed E-state index contributed by atoms with van der Waals surface area (Å²) < 4.78 is 0. The number of hydrogen-bond acceptors (Lipinski definition) is 0. The van der Waals surface area contributed by atoms with Crippen LogP contribution >= 0.6 is 0 Å². The molecule has 0 unspecified atom stereocenters. The normalized spacial score (nSPS) is 17.4. The summed E-state index contributed by atoms with van der Waals surface area (Å²) in [6.45, 7) is 6.55. The Bertz CT molecular complexity index is 163. The third-order valence-electron chi connectivity index (χ3n) is 1.68. The minimum atomic E-state index is 0. The Morgan fingerprint density at radius 1 is 1.22 bits per heavy atom. The molecule has 0 N–H and O–H groups in total. The largest absolute Gasteiger partial charge is 0.0690 e. The van der Waals surface area contributed by atoms with Gasteiger partial charge in [-0.05, 0) is 27.2 Å². The molecule has 9 heavy (non-hydrogen) atoms. The monoisotopic (exact) mass is 198 g/mol. The van der Waals surface area contributed by atoms with Crippen molar-refractivity contribution >= 4 is 0 Å². The van der Waals surface area contributed by atoms with Gasteiger partial charge in [0.15, 0.2) is 0 Å². The first-order valence-corrected chi connectivity index (χ1v) is 3.03. The van der Waals surface area contributed by atoms with Gasteiger partial charge in [0.1, 0.15) is 0 Å². The maximum atomic E-state index is 2.26. The minimum Gasteiger partial charge on any atom is -0.0690 e. The average Bonchev–Trinajstić information content (AvgIpc) is 1.85. The quantitative estimate of drug-likeness (QED) is 0.563. The Morgan fingerprint density at radius 2 is 1.78 bits per heavy atom. The van der Waals surface area contributed by atoms with Crippen molar-refractivity contribution in [2.45, 2.75) is 27.2 Å². The smallest absolute Gasteiger partial charge is 0 e. The molecule has 0 radical (unpaired) electrons. The van der Waals surface area contributed by atoms with Crippen molar-refractivity contribution in [1.29, 1.82) is 0 Å². The third kappa shape index (κ3) is 2.22. The van der Waals surface area contributed by atoms with E-state index in [9.17, 15) is 0 Å². The van der Waals surface area contributed by atoms with Crippen molar-refractivity contribution in [1.82, 2.24) is 0 Å².